The molecule has 0 bridgehead atoms. The molecule has 0 atom stereocenters. The number of nitrogens with zero attached hydrogens (tertiary/aromatic N) is 3. The number of fused-ring (bicyclic) bond motifs is 2. The van der Waals surface area contributed by atoms with Gasteiger partial charge in [-0.2, -0.15) is 0 Å². The van der Waals surface area contributed by atoms with Crippen LogP contribution < -0.4 is 5.32 Å². The number of hydrogen-bond acceptors (Lipinski definition) is 3. The molecule has 6 aromatic rings. The molecule has 3 heterocycles. The van der Waals surface area contributed by atoms with Crippen LogP contribution >= 0.6 is 0 Å². The van der Waals surface area contributed by atoms with Crippen molar-refractivity contribution < 1.29 is 4.79 Å². The molecular formula is C27H22N6O. The van der Waals surface area contributed by atoms with Crippen LogP contribution in [0.25, 0.3) is 27.5 Å². The van der Waals surface area contributed by atoms with E-state index in [1.807, 2.05) is 42.6 Å². The van der Waals surface area contributed by atoms with Gasteiger partial charge in [-0.1, -0.05) is 41.6 Å². The molecule has 1 amide bonds. The quantitative estimate of drug-likeness (QED) is 0.333. The fraction of sp³-hybridized carbons (Fsp3) is 0.0741. The number of anilines is 1. The van der Waals surface area contributed by atoms with Crippen LogP contribution in [0.15, 0.2) is 91.4 Å². The van der Waals surface area contributed by atoms with Gasteiger partial charge in [0.25, 0.3) is 0 Å². The Hall–Kier alpha value is -4.65. The van der Waals surface area contributed by atoms with Crippen molar-refractivity contribution in [3.8, 4) is 5.69 Å². The average Bonchev–Trinajstić information content (AvgIpc) is 3.60. The number of rotatable bonds is 5. The first-order chi connectivity index (χ1) is 16.7. The lowest BCUT2D eigenvalue weighted by Crippen LogP contribution is -2.05. The van der Waals surface area contributed by atoms with Crippen LogP contribution in [-0.2, 0) is 4.79 Å². The summed E-state index contributed by atoms with van der Waals surface area (Å²) in [6.07, 6.45) is 6.11. The first kappa shape index (κ1) is 20.0. The zero-order valence-electron chi connectivity index (χ0n) is 18.5. The van der Waals surface area contributed by atoms with E-state index >= 15 is 0 Å². The zero-order valence-corrected chi connectivity index (χ0v) is 18.5. The molecular weight excluding hydrogens is 424 g/mol. The predicted octanol–water partition coefficient (Wildman–Crippen LogP) is 5.37. The summed E-state index contributed by atoms with van der Waals surface area (Å²) in [6, 6.07) is 24.1. The normalized spacial score (nSPS) is 11.5. The molecule has 0 radical (unpaired) electrons. The second-order valence-electron chi connectivity index (χ2n) is 8.33. The minimum Gasteiger partial charge on any atom is -0.361 e. The SMILES string of the molecule is CC(=O)Nc1ccc(-n2cc(C(c3c[nH]c4ccccc34)c3c[nH]c4ccccc34)nn2)cc1. The maximum atomic E-state index is 11.3. The second-order valence-corrected chi connectivity index (χ2v) is 8.33. The molecule has 34 heavy (non-hydrogen) atoms. The molecule has 3 aromatic heterocycles. The summed E-state index contributed by atoms with van der Waals surface area (Å²) < 4.78 is 1.77. The van der Waals surface area contributed by atoms with E-state index in [2.05, 4.69) is 74.4 Å². The van der Waals surface area contributed by atoms with Gasteiger partial charge in [-0.15, -0.1) is 5.10 Å². The Kier molecular flexibility index (Phi) is 4.73. The van der Waals surface area contributed by atoms with Crippen LogP contribution in [0.5, 0.6) is 0 Å². The number of benzene rings is 3. The molecule has 0 saturated heterocycles. The van der Waals surface area contributed by atoms with Crippen molar-refractivity contribution in [3.63, 3.8) is 0 Å². The minimum atomic E-state index is -0.111. The number of para-hydroxylation sites is 2. The summed E-state index contributed by atoms with van der Waals surface area (Å²) in [5, 5.41) is 14.1. The number of carbonyl (C=O) groups is 1. The van der Waals surface area contributed by atoms with Crippen molar-refractivity contribution in [3.05, 3.63) is 108 Å². The van der Waals surface area contributed by atoms with Crippen LogP contribution in [0.2, 0.25) is 0 Å². The van der Waals surface area contributed by atoms with E-state index in [0.29, 0.717) is 0 Å². The molecule has 3 aromatic carbocycles. The third-order valence-corrected chi connectivity index (χ3v) is 6.12. The van der Waals surface area contributed by atoms with E-state index in [-0.39, 0.29) is 11.8 Å². The van der Waals surface area contributed by atoms with Crippen LogP contribution in [0.4, 0.5) is 5.69 Å². The number of H-pyrrole nitrogens is 2. The Balaban J connectivity index is 1.47. The summed E-state index contributed by atoms with van der Waals surface area (Å²) in [5.41, 5.74) is 6.92. The highest BCUT2D eigenvalue weighted by Gasteiger charge is 2.26. The number of hydrogen-bond donors (Lipinski definition) is 3. The molecule has 0 aliphatic rings. The minimum absolute atomic E-state index is 0.101. The number of aromatic amines is 2. The predicted molar refractivity (Wildman–Crippen MR) is 133 cm³/mol. The topological polar surface area (TPSA) is 91.4 Å². The lowest BCUT2D eigenvalue weighted by atomic mass is 9.88. The standard InChI is InChI=1S/C27H22N6O/c1-17(34)30-18-10-12-19(13-11-18)33-16-26(31-32-33)27(22-14-28-24-8-4-2-6-20(22)24)23-15-29-25-9-5-3-7-21(23)25/h2-16,27-29H,1H3,(H,30,34). The van der Waals surface area contributed by atoms with Crippen molar-refractivity contribution in [2.45, 2.75) is 12.8 Å². The molecule has 3 N–H and O–H groups in total. The van der Waals surface area contributed by atoms with Crippen molar-refractivity contribution in [2.24, 2.45) is 0 Å². The van der Waals surface area contributed by atoms with Gasteiger partial charge in [0.05, 0.1) is 23.5 Å². The fourth-order valence-corrected chi connectivity index (χ4v) is 4.59. The first-order valence-electron chi connectivity index (χ1n) is 11.1. The lowest BCUT2D eigenvalue weighted by molar-refractivity contribution is -0.114. The van der Waals surface area contributed by atoms with Gasteiger partial charge < -0.3 is 15.3 Å². The van der Waals surface area contributed by atoms with Crippen LogP contribution in [0.1, 0.15) is 29.7 Å². The summed E-state index contributed by atoms with van der Waals surface area (Å²) in [4.78, 5) is 18.1. The van der Waals surface area contributed by atoms with E-state index in [1.165, 1.54) is 6.92 Å². The number of carbonyl (C=O) groups excluding carboxylic acids is 1. The van der Waals surface area contributed by atoms with Crippen molar-refractivity contribution in [1.82, 2.24) is 25.0 Å². The van der Waals surface area contributed by atoms with Gasteiger partial charge in [-0.05, 0) is 47.5 Å². The average molecular weight is 447 g/mol. The molecule has 0 saturated carbocycles. The molecule has 0 aliphatic heterocycles. The number of nitrogens with one attached hydrogen (secondary N) is 3. The number of amides is 1. The van der Waals surface area contributed by atoms with Crippen molar-refractivity contribution in [1.29, 1.82) is 0 Å². The van der Waals surface area contributed by atoms with E-state index < -0.39 is 0 Å². The van der Waals surface area contributed by atoms with Crippen LogP contribution in [0, 0.1) is 0 Å². The van der Waals surface area contributed by atoms with Gasteiger partial charge in [0.1, 0.15) is 0 Å². The Bertz CT molecular complexity index is 1550. The highest BCUT2D eigenvalue weighted by molar-refractivity contribution is 5.89. The summed E-state index contributed by atoms with van der Waals surface area (Å²) >= 11 is 0. The van der Waals surface area contributed by atoms with E-state index in [9.17, 15) is 4.79 Å². The second kappa shape index (κ2) is 8.04. The molecule has 0 aliphatic carbocycles. The van der Waals surface area contributed by atoms with Crippen molar-refractivity contribution in [2.75, 3.05) is 5.32 Å². The highest BCUT2D eigenvalue weighted by atomic mass is 16.1. The van der Waals surface area contributed by atoms with Gasteiger partial charge in [0.15, 0.2) is 0 Å². The van der Waals surface area contributed by atoms with E-state index in [0.717, 1.165) is 50.0 Å². The maximum absolute atomic E-state index is 11.3. The third kappa shape index (κ3) is 3.44. The molecule has 0 unspecified atom stereocenters. The summed E-state index contributed by atoms with van der Waals surface area (Å²) in [7, 11) is 0. The van der Waals surface area contributed by atoms with Gasteiger partial charge in [-0.3, -0.25) is 4.79 Å². The molecule has 6 rings (SSSR count). The van der Waals surface area contributed by atoms with E-state index in [1.54, 1.807) is 4.68 Å². The first-order valence-corrected chi connectivity index (χ1v) is 11.1. The Morgan fingerprint density at radius 2 is 1.44 bits per heavy atom. The smallest absolute Gasteiger partial charge is 0.221 e. The van der Waals surface area contributed by atoms with E-state index in [4.69, 9.17) is 0 Å². The third-order valence-electron chi connectivity index (χ3n) is 6.12. The van der Waals surface area contributed by atoms with Crippen molar-refractivity contribution >= 4 is 33.4 Å². The summed E-state index contributed by atoms with van der Waals surface area (Å²) in [6.45, 7) is 1.49. The largest absolute Gasteiger partial charge is 0.361 e. The van der Waals surface area contributed by atoms with Gasteiger partial charge >= 0.3 is 0 Å². The molecule has 166 valence electrons. The van der Waals surface area contributed by atoms with Gasteiger partial charge in [0, 0.05) is 46.8 Å². The van der Waals surface area contributed by atoms with Gasteiger partial charge in [0.2, 0.25) is 5.91 Å². The van der Waals surface area contributed by atoms with Crippen LogP contribution in [0.3, 0.4) is 0 Å². The molecule has 7 heteroatoms. The van der Waals surface area contributed by atoms with Crippen LogP contribution in [-0.4, -0.2) is 30.9 Å². The molecule has 0 spiro atoms. The fourth-order valence-electron chi connectivity index (χ4n) is 4.59. The monoisotopic (exact) mass is 446 g/mol. The molecule has 0 fully saturated rings. The zero-order chi connectivity index (χ0) is 23.1. The highest BCUT2D eigenvalue weighted by Crippen LogP contribution is 2.38. The Labute approximate surface area is 195 Å². The molecule has 7 nitrogen and oxygen atoms in total. The summed E-state index contributed by atoms with van der Waals surface area (Å²) in [5.74, 6) is -0.212. The Morgan fingerprint density at radius 1 is 0.853 bits per heavy atom. The number of aromatic nitrogens is 5. The maximum Gasteiger partial charge on any atom is 0.221 e. The van der Waals surface area contributed by atoms with Gasteiger partial charge in [-0.25, -0.2) is 4.68 Å². The lowest BCUT2D eigenvalue weighted by Gasteiger charge is -2.14. The Morgan fingerprint density at radius 3 is 2.03 bits per heavy atom.